The first-order valence-electron chi connectivity index (χ1n) is 8.92. The van der Waals surface area contributed by atoms with Gasteiger partial charge in [-0.3, -0.25) is 4.79 Å². The number of ether oxygens (including phenoxy) is 1. The lowest BCUT2D eigenvalue weighted by atomic mass is 9.67. The molecular formula is C20H28ClNO4. The quantitative estimate of drug-likeness (QED) is 0.751. The van der Waals surface area contributed by atoms with Crippen LogP contribution in [0.2, 0.25) is 0 Å². The number of carbonyl (C=O) groups is 2. The van der Waals surface area contributed by atoms with Crippen molar-refractivity contribution < 1.29 is 19.4 Å². The first kappa shape index (κ1) is 20.6. The Morgan fingerprint density at radius 1 is 1.23 bits per heavy atom. The van der Waals surface area contributed by atoms with Crippen LogP contribution in [0, 0.1) is 11.3 Å². The number of rotatable bonds is 5. The standard InChI is InChI=1S/C20H28ClNO4/c1-19(2,3)14-9-11-20(12-10-14,18(24)25)22-17(23)16(21)13-5-7-15(26-4)8-6-13/h5-8,14,16H,9-12H2,1-4H3,(H,22,23)(H,24,25). The Bertz CT molecular complexity index is 643. The van der Waals surface area contributed by atoms with Crippen molar-refractivity contribution in [2.24, 2.45) is 11.3 Å². The van der Waals surface area contributed by atoms with Crippen LogP contribution < -0.4 is 10.1 Å². The predicted octanol–water partition coefficient (Wildman–Crippen LogP) is 4.15. The normalized spacial score (nSPS) is 24.6. The summed E-state index contributed by atoms with van der Waals surface area (Å²) in [6, 6.07) is 6.86. The summed E-state index contributed by atoms with van der Waals surface area (Å²) in [5.74, 6) is -0.356. The zero-order chi connectivity index (χ0) is 19.5. The molecule has 1 aromatic rings. The Morgan fingerprint density at radius 3 is 2.19 bits per heavy atom. The maximum Gasteiger partial charge on any atom is 0.329 e. The molecule has 0 aromatic heterocycles. The number of methoxy groups -OCH3 is 1. The SMILES string of the molecule is COc1ccc(C(Cl)C(=O)NC2(C(=O)O)CCC(C(C)(C)C)CC2)cc1. The van der Waals surface area contributed by atoms with Crippen LogP contribution in [0.4, 0.5) is 0 Å². The van der Waals surface area contributed by atoms with Gasteiger partial charge in [0.2, 0.25) is 5.91 Å². The van der Waals surface area contributed by atoms with E-state index in [0.717, 1.165) is 12.8 Å². The Kier molecular flexibility index (Phi) is 6.22. The number of carbonyl (C=O) groups excluding carboxylic acids is 1. The molecule has 1 saturated carbocycles. The fourth-order valence-corrected chi connectivity index (χ4v) is 3.79. The Labute approximate surface area is 160 Å². The molecule has 0 radical (unpaired) electrons. The monoisotopic (exact) mass is 381 g/mol. The molecule has 1 fully saturated rings. The molecule has 2 rings (SSSR count). The number of nitrogens with one attached hydrogen (secondary N) is 1. The topological polar surface area (TPSA) is 75.6 Å². The Morgan fingerprint density at radius 2 is 1.77 bits per heavy atom. The van der Waals surface area contributed by atoms with Gasteiger partial charge in [0, 0.05) is 0 Å². The molecule has 0 saturated heterocycles. The van der Waals surface area contributed by atoms with Crippen LogP contribution >= 0.6 is 11.6 Å². The average molecular weight is 382 g/mol. The maximum atomic E-state index is 12.6. The van der Waals surface area contributed by atoms with Crippen molar-refractivity contribution in [1.29, 1.82) is 0 Å². The van der Waals surface area contributed by atoms with Gasteiger partial charge < -0.3 is 15.2 Å². The highest BCUT2D eigenvalue weighted by Gasteiger charge is 2.45. The predicted molar refractivity (Wildman–Crippen MR) is 102 cm³/mol. The van der Waals surface area contributed by atoms with Crippen molar-refractivity contribution in [2.45, 2.75) is 57.4 Å². The van der Waals surface area contributed by atoms with E-state index in [0.29, 0.717) is 30.1 Å². The fraction of sp³-hybridized carbons (Fsp3) is 0.600. The molecule has 1 amide bonds. The van der Waals surface area contributed by atoms with Gasteiger partial charge in [-0.05, 0) is 54.7 Å². The summed E-state index contributed by atoms with van der Waals surface area (Å²) in [6.45, 7) is 6.51. The van der Waals surface area contributed by atoms with E-state index in [1.54, 1.807) is 31.4 Å². The molecule has 2 N–H and O–H groups in total. The smallest absolute Gasteiger partial charge is 0.329 e. The zero-order valence-electron chi connectivity index (χ0n) is 15.8. The highest BCUT2D eigenvalue weighted by atomic mass is 35.5. The minimum atomic E-state index is -1.24. The number of amides is 1. The summed E-state index contributed by atoms with van der Waals surface area (Å²) < 4.78 is 5.09. The van der Waals surface area contributed by atoms with Crippen LogP contribution in [0.25, 0.3) is 0 Å². The van der Waals surface area contributed by atoms with E-state index in [1.165, 1.54) is 0 Å². The van der Waals surface area contributed by atoms with Gasteiger partial charge in [0.15, 0.2) is 0 Å². The van der Waals surface area contributed by atoms with Crippen LogP contribution in [0.1, 0.15) is 57.4 Å². The molecule has 0 spiro atoms. The Balaban J connectivity index is 2.09. The van der Waals surface area contributed by atoms with Gasteiger partial charge >= 0.3 is 5.97 Å². The molecule has 1 atom stereocenters. The maximum absolute atomic E-state index is 12.6. The zero-order valence-corrected chi connectivity index (χ0v) is 16.6. The van der Waals surface area contributed by atoms with Crippen LogP contribution in [-0.4, -0.2) is 29.6 Å². The Hall–Kier alpha value is -1.75. The second-order valence-corrected chi connectivity index (χ2v) is 8.59. The molecule has 0 heterocycles. The third-order valence-corrected chi connectivity index (χ3v) is 5.92. The second-order valence-electron chi connectivity index (χ2n) is 8.15. The molecule has 6 heteroatoms. The number of benzene rings is 1. The van der Waals surface area contributed by atoms with E-state index in [9.17, 15) is 14.7 Å². The van der Waals surface area contributed by atoms with Gasteiger partial charge in [-0.15, -0.1) is 11.6 Å². The molecule has 0 aliphatic heterocycles. The fourth-order valence-electron chi connectivity index (χ4n) is 3.59. The minimum Gasteiger partial charge on any atom is -0.497 e. The van der Waals surface area contributed by atoms with E-state index < -0.39 is 22.8 Å². The average Bonchev–Trinajstić information content (AvgIpc) is 2.60. The molecule has 0 bridgehead atoms. The van der Waals surface area contributed by atoms with Crippen molar-refractivity contribution in [3.05, 3.63) is 29.8 Å². The lowest BCUT2D eigenvalue weighted by molar-refractivity contribution is -0.150. The summed E-state index contributed by atoms with van der Waals surface area (Å²) in [6.07, 6.45) is 2.38. The summed E-state index contributed by atoms with van der Waals surface area (Å²) in [5, 5.41) is 11.6. The highest BCUT2D eigenvalue weighted by Crippen LogP contribution is 2.42. The van der Waals surface area contributed by atoms with Crippen LogP contribution in [0.5, 0.6) is 5.75 Å². The summed E-state index contributed by atoms with van der Waals surface area (Å²) in [4.78, 5) is 24.6. The number of hydrogen-bond acceptors (Lipinski definition) is 3. The third kappa shape index (κ3) is 4.50. The first-order chi connectivity index (χ1) is 12.1. The van der Waals surface area contributed by atoms with E-state index >= 15 is 0 Å². The lowest BCUT2D eigenvalue weighted by Crippen LogP contribution is -2.57. The van der Waals surface area contributed by atoms with Crippen molar-refractivity contribution >= 4 is 23.5 Å². The van der Waals surface area contributed by atoms with Gasteiger partial charge in [0.1, 0.15) is 16.7 Å². The number of halogens is 1. The number of hydrogen-bond donors (Lipinski definition) is 2. The van der Waals surface area contributed by atoms with Crippen molar-refractivity contribution in [1.82, 2.24) is 5.32 Å². The number of alkyl halides is 1. The highest BCUT2D eigenvalue weighted by molar-refractivity contribution is 6.31. The largest absolute Gasteiger partial charge is 0.497 e. The second kappa shape index (κ2) is 7.87. The summed E-state index contributed by atoms with van der Waals surface area (Å²) in [5.41, 5.74) is -0.500. The number of carboxylic acid groups (broad SMARTS) is 1. The molecule has 1 aliphatic rings. The molecule has 1 aromatic carbocycles. The first-order valence-corrected chi connectivity index (χ1v) is 9.36. The van der Waals surface area contributed by atoms with Gasteiger partial charge in [-0.2, -0.15) is 0 Å². The van der Waals surface area contributed by atoms with E-state index in [2.05, 4.69) is 26.1 Å². The van der Waals surface area contributed by atoms with Crippen LogP contribution in [-0.2, 0) is 9.59 Å². The van der Waals surface area contributed by atoms with Crippen molar-refractivity contribution in [3.8, 4) is 5.75 Å². The van der Waals surface area contributed by atoms with Crippen LogP contribution in [0.15, 0.2) is 24.3 Å². The molecular weight excluding hydrogens is 354 g/mol. The summed E-state index contributed by atoms with van der Waals surface area (Å²) >= 11 is 6.29. The minimum absolute atomic E-state index is 0.132. The third-order valence-electron chi connectivity index (χ3n) is 5.47. The molecule has 1 unspecified atom stereocenters. The molecule has 1 aliphatic carbocycles. The van der Waals surface area contributed by atoms with Gasteiger partial charge in [-0.1, -0.05) is 32.9 Å². The van der Waals surface area contributed by atoms with Crippen LogP contribution in [0.3, 0.4) is 0 Å². The number of carboxylic acids is 1. The van der Waals surface area contributed by atoms with Crippen molar-refractivity contribution in [2.75, 3.05) is 7.11 Å². The van der Waals surface area contributed by atoms with E-state index in [-0.39, 0.29) is 5.41 Å². The van der Waals surface area contributed by atoms with Crippen molar-refractivity contribution in [3.63, 3.8) is 0 Å². The van der Waals surface area contributed by atoms with Gasteiger partial charge in [-0.25, -0.2) is 4.79 Å². The van der Waals surface area contributed by atoms with Gasteiger partial charge in [0.25, 0.3) is 0 Å². The van der Waals surface area contributed by atoms with E-state index in [1.807, 2.05) is 0 Å². The van der Waals surface area contributed by atoms with E-state index in [4.69, 9.17) is 16.3 Å². The molecule has 144 valence electrons. The lowest BCUT2D eigenvalue weighted by Gasteiger charge is -2.42. The summed E-state index contributed by atoms with van der Waals surface area (Å²) in [7, 11) is 1.56. The molecule has 5 nitrogen and oxygen atoms in total. The molecule has 26 heavy (non-hydrogen) atoms. The van der Waals surface area contributed by atoms with Gasteiger partial charge in [0.05, 0.1) is 7.11 Å². The number of aliphatic carboxylic acids is 1.